The minimum absolute atomic E-state index is 0.0151. The number of hydrogen-bond donors (Lipinski definition) is 3. The van der Waals surface area contributed by atoms with E-state index in [0.717, 1.165) is 24.9 Å². The second-order valence-electron chi connectivity index (χ2n) is 8.43. The molecule has 1 aliphatic carbocycles. The third-order valence-electron chi connectivity index (χ3n) is 6.61. The lowest BCUT2D eigenvalue weighted by Crippen LogP contribution is -2.66. The first-order valence-corrected chi connectivity index (χ1v) is 9.98. The minimum Gasteiger partial charge on any atom is -0.508 e. The van der Waals surface area contributed by atoms with Gasteiger partial charge in [-0.1, -0.05) is 30.3 Å². The van der Waals surface area contributed by atoms with Gasteiger partial charge >= 0.3 is 0 Å². The van der Waals surface area contributed by atoms with Crippen LogP contribution in [0.1, 0.15) is 41.6 Å². The Morgan fingerprint density at radius 3 is 2.68 bits per heavy atom. The summed E-state index contributed by atoms with van der Waals surface area (Å²) in [6.45, 7) is 1.47. The van der Waals surface area contributed by atoms with Gasteiger partial charge in [-0.05, 0) is 69.1 Å². The molecule has 1 amide bonds. The van der Waals surface area contributed by atoms with E-state index in [4.69, 9.17) is 0 Å². The van der Waals surface area contributed by atoms with Crippen molar-refractivity contribution in [2.24, 2.45) is 0 Å². The van der Waals surface area contributed by atoms with E-state index in [1.54, 1.807) is 12.1 Å². The highest BCUT2D eigenvalue weighted by Crippen LogP contribution is 2.51. The standard InChI is InChI=1S/C23H28N2O3/c1-25-13-12-22(18-8-5-9-20(26)14-18)15-19(10-11-23(22,28)16-25)24-21(27)17-6-3-2-4-7-17/h2-9,14,19,26,28H,10-13,15-16H2,1H3,(H,24,27)/t19-,22+,23+/m1/s1. The Bertz CT molecular complexity index is 856. The molecule has 1 saturated carbocycles. The largest absolute Gasteiger partial charge is 0.508 e. The molecule has 3 N–H and O–H groups in total. The third kappa shape index (κ3) is 3.29. The quantitative estimate of drug-likeness (QED) is 0.766. The molecule has 0 unspecified atom stereocenters. The maximum absolute atomic E-state index is 12.7. The van der Waals surface area contributed by atoms with Crippen LogP contribution in [-0.4, -0.2) is 52.8 Å². The number of carbonyl (C=O) groups is 1. The van der Waals surface area contributed by atoms with Gasteiger partial charge in [0.15, 0.2) is 0 Å². The van der Waals surface area contributed by atoms with Crippen LogP contribution in [0.25, 0.3) is 0 Å². The van der Waals surface area contributed by atoms with Crippen LogP contribution in [0.4, 0.5) is 0 Å². The van der Waals surface area contributed by atoms with Crippen molar-refractivity contribution >= 4 is 5.91 Å². The van der Waals surface area contributed by atoms with Gasteiger partial charge in [0.05, 0.1) is 5.60 Å². The van der Waals surface area contributed by atoms with Crippen LogP contribution in [0, 0.1) is 0 Å². The Kier molecular flexibility index (Phi) is 4.89. The fourth-order valence-electron chi connectivity index (χ4n) is 5.15. The van der Waals surface area contributed by atoms with Crippen molar-refractivity contribution in [3.8, 4) is 5.75 Å². The average Bonchev–Trinajstić information content (AvgIpc) is 2.69. The van der Waals surface area contributed by atoms with Gasteiger partial charge in [-0.15, -0.1) is 0 Å². The van der Waals surface area contributed by atoms with Gasteiger partial charge < -0.3 is 20.4 Å². The van der Waals surface area contributed by atoms with E-state index in [9.17, 15) is 15.0 Å². The van der Waals surface area contributed by atoms with Crippen LogP contribution in [0.15, 0.2) is 54.6 Å². The summed E-state index contributed by atoms with van der Waals surface area (Å²) in [5.41, 5.74) is 0.257. The second-order valence-corrected chi connectivity index (χ2v) is 8.43. The summed E-state index contributed by atoms with van der Waals surface area (Å²) in [6, 6.07) is 16.5. The first-order chi connectivity index (χ1) is 13.4. The summed E-state index contributed by atoms with van der Waals surface area (Å²) >= 11 is 0. The van der Waals surface area contributed by atoms with Gasteiger partial charge in [0.1, 0.15) is 5.75 Å². The minimum atomic E-state index is -0.873. The lowest BCUT2D eigenvalue weighted by atomic mass is 9.55. The molecule has 0 bridgehead atoms. The summed E-state index contributed by atoms with van der Waals surface area (Å²) in [5.74, 6) is 0.138. The predicted molar refractivity (Wildman–Crippen MR) is 108 cm³/mol. The number of nitrogens with zero attached hydrogens (tertiary/aromatic N) is 1. The number of benzene rings is 2. The van der Waals surface area contributed by atoms with Crippen molar-refractivity contribution in [2.45, 2.75) is 42.7 Å². The highest BCUT2D eigenvalue weighted by Gasteiger charge is 2.57. The zero-order valence-corrected chi connectivity index (χ0v) is 16.3. The summed E-state index contributed by atoms with van der Waals surface area (Å²) in [5, 5.41) is 24.9. The van der Waals surface area contributed by atoms with Gasteiger partial charge in [0, 0.05) is 23.6 Å². The van der Waals surface area contributed by atoms with Gasteiger partial charge in [-0.3, -0.25) is 4.79 Å². The molecule has 3 atom stereocenters. The molecular formula is C23H28N2O3. The predicted octanol–water partition coefficient (Wildman–Crippen LogP) is 2.68. The van der Waals surface area contributed by atoms with E-state index in [2.05, 4.69) is 10.2 Å². The van der Waals surface area contributed by atoms with Crippen LogP contribution >= 0.6 is 0 Å². The SMILES string of the molecule is CN1CC[C@@]2(c3cccc(O)c3)C[C@H](NC(=O)c3ccccc3)CC[C@]2(O)C1. The number of phenolic OH excluding ortho intramolecular Hbond substituents is 1. The molecule has 2 aromatic carbocycles. The summed E-state index contributed by atoms with van der Waals surface area (Å²) in [7, 11) is 2.04. The number of piperidine rings is 1. The highest BCUT2D eigenvalue weighted by molar-refractivity contribution is 5.94. The fourth-order valence-corrected chi connectivity index (χ4v) is 5.15. The molecular weight excluding hydrogens is 352 g/mol. The molecule has 5 heteroatoms. The fraction of sp³-hybridized carbons (Fsp3) is 0.435. The van der Waals surface area contributed by atoms with Gasteiger partial charge in [0.2, 0.25) is 0 Å². The van der Waals surface area contributed by atoms with E-state index in [-0.39, 0.29) is 17.7 Å². The van der Waals surface area contributed by atoms with Crippen LogP contribution < -0.4 is 5.32 Å². The molecule has 4 rings (SSSR count). The number of likely N-dealkylation sites (tertiary alicyclic amines) is 1. The van der Waals surface area contributed by atoms with Crippen molar-refractivity contribution in [1.82, 2.24) is 10.2 Å². The van der Waals surface area contributed by atoms with Gasteiger partial charge in [0.25, 0.3) is 5.91 Å². The maximum Gasteiger partial charge on any atom is 0.251 e. The highest BCUT2D eigenvalue weighted by atomic mass is 16.3. The number of fused-ring (bicyclic) bond motifs is 1. The molecule has 2 aliphatic rings. The molecule has 1 heterocycles. The van der Waals surface area contributed by atoms with Crippen molar-refractivity contribution in [1.29, 1.82) is 0 Å². The van der Waals surface area contributed by atoms with E-state index >= 15 is 0 Å². The number of phenols is 1. The average molecular weight is 380 g/mol. The van der Waals surface area contributed by atoms with Gasteiger partial charge in [-0.25, -0.2) is 0 Å². The number of aromatic hydroxyl groups is 1. The van der Waals surface area contributed by atoms with Crippen molar-refractivity contribution in [2.75, 3.05) is 20.1 Å². The van der Waals surface area contributed by atoms with E-state index < -0.39 is 11.0 Å². The van der Waals surface area contributed by atoms with E-state index in [1.807, 2.05) is 49.5 Å². The number of nitrogens with one attached hydrogen (secondary N) is 1. The zero-order valence-electron chi connectivity index (χ0n) is 16.3. The molecule has 5 nitrogen and oxygen atoms in total. The summed E-state index contributed by atoms with van der Waals surface area (Å²) in [4.78, 5) is 14.8. The van der Waals surface area contributed by atoms with Crippen LogP contribution in [-0.2, 0) is 5.41 Å². The normalized spacial score (nSPS) is 30.4. The number of carbonyl (C=O) groups excluding carboxylic acids is 1. The van der Waals surface area contributed by atoms with E-state index in [0.29, 0.717) is 24.9 Å². The number of aliphatic hydroxyl groups is 1. The first kappa shape index (κ1) is 19.0. The molecule has 148 valence electrons. The number of likely N-dealkylation sites (N-methyl/N-ethyl adjacent to an activating group) is 1. The van der Waals surface area contributed by atoms with E-state index in [1.165, 1.54) is 0 Å². The molecule has 0 radical (unpaired) electrons. The Morgan fingerprint density at radius 2 is 1.93 bits per heavy atom. The lowest BCUT2D eigenvalue weighted by molar-refractivity contribution is -0.121. The number of amides is 1. The summed E-state index contributed by atoms with van der Waals surface area (Å²) < 4.78 is 0. The Labute approximate surface area is 166 Å². The Hall–Kier alpha value is -2.37. The number of hydrogen-bond acceptors (Lipinski definition) is 4. The number of rotatable bonds is 3. The number of β-amino-alcohol motifs (C(OH)–C–C–N with tert-alkyl or cyclic N) is 1. The third-order valence-corrected chi connectivity index (χ3v) is 6.61. The van der Waals surface area contributed by atoms with Crippen LogP contribution in [0.2, 0.25) is 0 Å². The Morgan fingerprint density at radius 1 is 1.14 bits per heavy atom. The van der Waals surface area contributed by atoms with Crippen LogP contribution in [0.3, 0.4) is 0 Å². The molecule has 28 heavy (non-hydrogen) atoms. The van der Waals surface area contributed by atoms with Crippen molar-refractivity contribution < 1.29 is 15.0 Å². The monoisotopic (exact) mass is 380 g/mol. The zero-order chi connectivity index (χ0) is 19.8. The smallest absolute Gasteiger partial charge is 0.251 e. The molecule has 2 fully saturated rings. The Balaban J connectivity index is 1.64. The molecule has 1 saturated heterocycles. The first-order valence-electron chi connectivity index (χ1n) is 9.98. The second kappa shape index (κ2) is 7.22. The molecule has 0 spiro atoms. The molecule has 2 aromatic rings. The lowest BCUT2D eigenvalue weighted by Gasteiger charge is -2.57. The summed E-state index contributed by atoms with van der Waals surface area (Å²) in [6.07, 6.45) is 2.82. The molecule has 0 aromatic heterocycles. The molecule has 1 aliphatic heterocycles. The van der Waals surface area contributed by atoms with Crippen molar-refractivity contribution in [3.05, 3.63) is 65.7 Å². The van der Waals surface area contributed by atoms with Gasteiger partial charge in [-0.2, -0.15) is 0 Å². The maximum atomic E-state index is 12.7. The van der Waals surface area contributed by atoms with Crippen molar-refractivity contribution in [3.63, 3.8) is 0 Å². The topological polar surface area (TPSA) is 72.8 Å². The van der Waals surface area contributed by atoms with Crippen LogP contribution in [0.5, 0.6) is 5.75 Å².